The third-order valence-electron chi connectivity index (χ3n) is 3.76. The standard InChI is InChI=1S/C18H15NO3/c1-19(12-8-4-3-5-9-12)16-13-10-6-7-11-14(13)17(20)15(16)18(21)22-2/h3-11H,1-2H3. The minimum absolute atomic E-state index is 0.0788. The van der Waals surface area contributed by atoms with Crippen LogP contribution >= 0.6 is 0 Å². The summed E-state index contributed by atoms with van der Waals surface area (Å²) in [5.41, 5.74) is 2.83. The topological polar surface area (TPSA) is 46.6 Å². The molecule has 3 rings (SSSR count). The first-order valence-corrected chi connectivity index (χ1v) is 6.90. The Morgan fingerprint density at radius 3 is 2.18 bits per heavy atom. The van der Waals surface area contributed by atoms with Gasteiger partial charge in [0.05, 0.1) is 12.8 Å². The predicted molar refractivity (Wildman–Crippen MR) is 84.6 cm³/mol. The highest BCUT2D eigenvalue weighted by molar-refractivity contribution is 6.34. The SMILES string of the molecule is COC(=O)C1=C(N(C)c2ccccc2)c2ccccc2C1=O. The number of methoxy groups -OCH3 is 1. The van der Waals surface area contributed by atoms with E-state index in [0.29, 0.717) is 11.3 Å². The van der Waals surface area contributed by atoms with Gasteiger partial charge in [0.25, 0.3) is 0 Å². The van der Waals surface area contributed by atoms with Gasteiger partial charge in [-0.3, -0.25) is 4.79 Å². The van der Waals surface area contributed by atoms with Crippen LogP contribution in [0.25, 0.3) is 5.70 Å². The molecule has 0 aromatic heterocycles. The highest BCUT2D eigenvalue weighted by atomic mass is 16.5. The lowest BCUT2D eigenvalue weighted by Gasteiger charge is -2.22. The molecule has 2 aromatic rings. The number of hydrogen-bond donors (Lipinski definition) is 0. The Labute approximate surface area is 128 Å². The van der Waals surface area contributed by atoms with Crippen molar-refractivity contribution in [2.45, 2.75) is 0 Å². The van der Waals surface area contributed by atoms with Crippen LogP contribution in [0.15, 0.2) is 60.2 Å². The third kappa shape index (κ3) is 2.09. The van der Waals surface area contributed by atoms with E-state index in [1.807, 2.05) is 54.4 Å². The number of para-hydroxylation sites is 1. The van der Waals surface area contributed by atoms with Gasteiger partial charge in [-0.2, -0.15) is 0 Å². The maximum absolute atomic E-state index is 12.6. The van der Waals surface area contributed by atoms with Crippen molar-refractivity contribution in [1.29, 1.82) is 0 Å². The van der Waals surface area contributed by atoms with E-state index < -0.39 is 5.97 Å². The number of carbonyl (C=O) groups is 2. The number of Topliss-reactive ketones (excluding diaryl/α,β-unsaturated/α-hetero) is 1. The summed E-state index contributed by atoms with van der Waals surface area (Å²) in [7, 11) is 3.12. The molecule has 0 heterocycles. The first-order valence-electron chi connectivity index (χ1n) is 6.90. The van der Waals surface area contributed by atoms with Crippen LogP contribution in [-0.4, -0.2) is 25.9 Å². The van der Waals surface area contributed by atoms with E-state index in [9.17, 15) is 9.59 Å². The zero-order chi connectivity index (χ0) is 15.7. The number of benzene rings is 2. The van der Waals surface area contributed by atoms with Gasteiger partial charge in [0.15, 0.2) is 0 Å². The van der Waals surface area contributed by atoms with Crippen LogP contribution in [0.1, 0.15) is 15.9 Å². The number of hydrogen-bond acceptors (Lipinski definition) is 4. The van der Waals surface area contributed by atoms with E-state index in [0.717, 1.165) is 11.3 Å². The molecule has 1 aliphatic rings. The molecule has 22 heavy (non-hydrogen) atoms. The summed E-state index contributed by atoms with van der Waals surface area (Å²) in [4.78, 5) is 26.5. The smallest absolute Gasteiger partial charge is 0.344 e. The zero-order valence-corrected chi connectivity index (χ0v) is 12.4. The van der Waals surface area contributed by atoms with Gasteiger partial charge in [-0.15, -0.1) is 0 Å². The van der Waals surface area contributed by atoms with Crippen molar-refractivity contribution in [3.05, 3.63) is 71.3 Å². The molecule has 4 heteroatoms. The van der Waals surface area contributed by atoms with Crippen molar-refractivity contribution in [2.24, 2.45) is 0 Å². The molecule has 4 nitrogen and oxygen atoms in total. The number of carbonyl (C=O) groups excluding carboxylic acids is 2. The van der Waals surface area contributed by atoms with Gasteiger partial charge in [-0.1, -0.05) is 42.5 Å². The lowest BCUT2D eigenvalue weighted by Crippen LogP contribution is -2.20. The van der Waals surface area contributed by atoms with Crippen LogP contribution in [0, 0.1) is 0 Å². The number of esters is 1. The molecule has 0 radical (unpaired) electrons. The van der Waals surface area contributed by atoms with Gasteiger partial charge in [0.1, 0.15) is 5.57 Å². The molecule has 0 bridgehead atoms. The number of rotatable bonds is 3. The Hall–Kier alpha value is -2.88. The van der Waals surface area contributed by atoms with Crippen molar-refractivity contribution in [1.82, 2.24) is 0 Å². The summed E-state index contributed by atoms with van der Waals surface area (Å²) in [6, 6.07) is 16.8. The number of ether oxygens (including phenoxy) is 1. The van der Waals surface area contributed by atoms with E-state index in [4.69, 9.17) is 4.74 Å². The summed E-state index contributed by atoms with van der Waals surface area (Å²) in [5.74, 6) is -0.904. The summed E-state index contributed by atoms with van der Waals surface area (Å²) in [6.45, 7) is 0. The average Bonchev–Trinajstić information content (AvgIpc) is 2.87. The van der Waals surface area contributed by atoms with E-state index in [2.05, 4.69) is 0 Å². The highest BCUT2D eigenvalue weighted by Crippen LogP contribution is 2.37. The van der Waals surface area contributed by atoms with Gasteiger partial charge in [-0.25, -0.2) is 4.79 Å². The Morgan fingerprint density at radius 2 is 1.55 bits per heavy atom. The summed E-state index contributed by atoms with van der Waals surface area (Å²) >= 11 is 0. The zero-order valence-electron chi connectivity index (χ0n) is 12.4. The third-order valence-corrected chi connectivity index (χ3v) is 3.76. The Morgan fingerprint density at radius 1 is 0.955 bits per heavy atom. The molecule has 0 spiro atoms. The fourth-order valence-electron chi connectivity index (χ4n) is 2.69. The summed E-state index contributed by atoms with van der Waals surface area (Å²) < 4.78 is 4.81. The van der Waals surface area contributed by atoms with Gasteiger partial charge in [0.2, 0.25) is 5.78 Å². The maximum atomic E-state index is 12.6. The molecule has 0 unspecified atom stereocenters. The Balaban J connectivity index is 2.21. The molecule has 0 amide bonds. The molecule has 0 saturated heterocycles. The molecule has 0 fully saturated rings. The quantitative estimate of drug-likeness (QED) is 0.645. The molecule has 0 atom stereocenters. The van der Waals surface area contributed by atoms with Crippen LogP contribution in [0.5, 0.6) is 0 Å². The molecule has 2 aromatic carbocycles. The molecule has 110 valence electrons. The van der Waals surface area contributed by atoms with E-state index >= 15 is 0 Å². The van der Waals surface area contributed by atoms with Crippen molar-refractivity contribution in [3.63, 3.8) is 0 Å². The number of ketones is 1. The minimum atomic E-state index is -0.612. The van der Waals surface area contributed by atoms with Gasteiger partial charge < -0.3 is 9.64 Å². The minimum Gasteiger partial charge on any atom is -0.465 e. The lowest BCUT2D eigenvalue weighted by atomic mass is 10.1. The van der Waals surface area contributed by atoms with Gasteiger partial charge >= 0.3 is 5.97 Å². The van der Waals surface area contributed by atoms with Gasteiger partial charge in [-0.05, 0) is 12.1 Å². The Bertz CT molecular complexity index is 778. The fourth-order valence-corrected chi connectivity index (χ4v) is 2.69. The summed E-state index contributed by atoms with van der Waals surface area (Å²) in [6.07, 6.45) is 0. The molecule has 1 aliphatic carbocycles. The summed E-state index contributed by atoms with van der Waals surface area (Å²) in [5, 5.41) is 0. The van der Waals surface area contributed by atoms with Crippen LogP contribution in [0.2, 0.25) is 0 Å². The predicted octanol–water partition coefficient (Wildman–Crippen LogP) is 2.90. The molecular formula is C18H15NO3. The van der Waals surface area contributed by atoms with Crippen molar-refractivity contribution >= 4 is 23.1 Å². The van der Waals surface area contributed by atoms with E-state index in [-0.39, 0.29) is 11.4 Å². The largest absolute Gasteiger partial charge is 0.465 e. The van der Waals surface area contributed by atoms with Crippen molar-refractivity contribution < 1.29 is 14.3 Å². The molecular weight excluding hydrogens is 278 g/mol. The highest BCUT2D eigenvalue weighted by Gasteiger charge is 2.36. The van der Waals surface area contributed by atoms with E-state index in [1.54, 1.807) is 12.1 Å². The Kier molecular flexibility index (Phi) is 3.51. The van der Waals surface area contributed by atoms with Crippen molar-refractivity contribution in [2.75, 3.05) is 19.1 Å². The normalized spacial score (nSPS) is 13.1. The second-order valence-corrected chi connectivity index (χ2v) is 4.98. The molecule has 0 saturated carbocycles. The average molecular weight is 293 g/mol. The lowest BCUT2D eigenvalue weighted by molar-refractivity contribution is -0.135. The van der Waals surface area contributed by atoms with Crippen LogP contribution in [0.4, 0.5) is 5.69 Å². The first-order chi connectivity index (χ1) is 10.6. The van der Waals surface area contributed by atoms with Crippen LogP contribution in [-0.2, 0) is 9.53 Å². The first kappa shape index (κ1) is 14.1. The number of nitrogens with zero attached hydrogens (tertiary/aromatic N) is 1. The second kappa shape index (κ2) is 5.48. The van der Waals surface area contributed by atoms with Crippen LogP contribution in [0.3, 0.4) is 0 Å². The number of fused-ring (bicyclic) bond motifs is 1. The number of anilines is 1. The van der Waals surface area contributed by atoms with Crippen LogP contribution < -0.4 is 4.90 Å². The fraction of sp³-hybridized carbons (Fsp3) is 0.111. The monoisotopic (exact) mass is 293 g/mol. The van der Waals surface area contributed by atoms with E-state index in [1.165, 1.54) is 7.11 Å². The van der Waals surface area contributed by atoms with Gasteiger partial charge in [0, 0.05) is 23.9 Å². The molecule has 0 aliphatic heterocycles. The van der Waals surface area contributed by atoms with Crippen molar-refractivity contribution in [3.8, 4) is 0 Å². The second-order valence-electron chi connectivity index (χ2n) is 4.98. The molecule has 0 N–H and O–H groups in total. The maximum Gasteiger partial charge on any atom is 0.344 e.